The minimum Gasteiger partial charge on any atom is -0.405 e. The largest absolute Gasteiger partial charge is 0.405 e. The first-order valence-corrected chi connectivity index (χ1v) is 3.93. The van der Waals surface area contributed by atoms with Crippen LogP contribution in [0.2, 0.25) is 0 Å². The molecule has 0 fully saturated rings. The molecule has 0 bridgehead atoms. The Labute approximate surface area is 77.4 Å². The monoisotopic (exact) mass is 175 g/mol. The minimum absolute atomic E-state index is 0.648. The first-order chi connectivity index (χ1) is 6.27. The molecular formula is C10H13N3. The smallest absolute Gasteiger partial charge is 0.0618 e. The van der Waals surface area contributed by atoms with E-state index in [0.717, 1.165) is 11.4 Å². The van der Waals surface area contributed by atoms with E-state index >= 15 is 0 Å². The maximum atomic E-state index is 5.74. The van der Waals surface area contributed by atoms with E-state index in [9.17, 15) is 0 Å². The predicted octanol–water partition coefficient (Wildman–Crippen LogP) is 1.43. The summed E-state index contributed by atoms with van der Waals surface area (Å²) in [4.78, 5) is 3.09. The highest BCUT2D eigenvalue weighted by molar-refractivity contribution is 5.63. The normalized spacial score (nSPS) is 12.2. The van der Waals surface area contributed by atoms with Gasteiger partial charge in [0.1, 0.15) is 0 Å². The Morgan fingerprint density at radius 3 is 2.77 bits per heavy atom. The molecule has 0 spiro atoms. The lowest BCUT2D eigenvalue weighted by Crippen LogP contribution is -1.95. The van der Waals surface area contributed by atoms with E-state index in [1.165, 1.54) is 6.20 Å². The van der Waals surface area contributed by atoms with Crippen molar-refractivity contribution in [2.24, 2.45) is 11.5 Å². The Bertz CT molecular complexity index is 345. The Balaban J connectivity index is 2.88. The van der Waals surface area contributed by atoms with Crippen LogP contribution in [0, 0.1) is 0 Å². The second-order valence-corrected chi connectivity index (χ2v) is 2.54. The third-order valence-electron chi connectivity index (χ3n) is 1.63. The molecule has 3 nitrogen and oxygen atoms in total. The van der Waals surface area contributed by atoms with Gasteiger partial charge in [-0.15, -0.1) is 0 Å². The summed E-state index contributed by atoms with van der Waals surface area (Å²) in [5, 5.41) is 0. The zero-order chi connectivity index (χ0) is 9.68. The van der Waals surface area contributed by atoms with Crippen LogP contribution in [0.15, 0.2) is 37.1 Å². The summed E-state index contributed by atoms with van der Waals surface area (Å²) in [6.07, 6.45) is 6.59. The number of aromatic nitrogens is 1. The lowest BCUT2D eigenvalue weighted by atomic mass is 10.3. The molecule has 1 aromatic rings. The van der Waals surface area contributed by atoms with Gasteiger partial charge in [-0.1, -0.05) is 6.58 Å². The van der Waals surface area contributed by atoms with E-state index in [1.54, 1.807) is 18.2 Å². The number of hydrogen-bond donors (Lipinski definition) is 3. The van der Waals surface area contributed by atoms with Crippen molar-refractivity contribution in [3.05, 3.63) is 48.5 Å². The number of aromatic amines is 1. The number of nitrogens with two attached hydrogens (primary N) is 2. The predicted molar refractivity (Wildman–Crippen MR) is 56.4 cm³/mol. The SMILES string of the molecule is C=Cc1ccc(/C(N)=C/C=C\N)[nH]1. The van der Waals surface area contributed by atoms with Gasteiger partial charge in [0, 0.05) is 5.69 Å². The summed E-state index contributed by atoms with van der Waals surface area (Å²) < 4.78 is 0. The van der Waals surface area contributed by atoms with Gasteiger partial charge in [-0.25, -0.2) is 0 Å². The minimum atomic E-state index is 0.648. The highest BCUT2D eigenvalue weighted by atomic mass is 14.8. The molecule has 0 aliphatic carbocycles. The molecule has 1 aromatic heterocycles. The van der Waals surface area contributed by atoms with E-state index in [2.05, 4.69) is 11.6 Å². The summed E-state index contributed by atoms with van der Waals surface area (Å²) in [5.74, 6) is 0. The Morgan fingerprint density at radius 2 is 2.23 bits per heavy atom. The van der Waals surface area contributed by atoms with E-state index in [1.807, 2.05) is 12.1 Å². The first kappa shape index (κ1) is 9.19. The average Bonchev–Trinajstić information content (AvgIpc) is 2.62. The molecule has 1 heterocycles. The molecule has 3 heteroatoms. The van der Waals surface area contributed by atoms with Crippen LogP contribution in [0.5, 0.6) is 0 Å². The summed E-state index contributed by atoms with van der Waals surface area (Å²) in [5.41, 5.74) is 13.4. The van der Waals surface area contributed by atoms with Crippen molar-refractivity contribution in [3.63, 3.8) is 0 Å². The van der Waals surface area contributed by atoms with Gasteiger partial charge < -0.3 is 16.5 Å². The van der Waals surface area contributed by atoms with E-state index in [4.69, 9.17) is 11.5 Å². The van der Waals surface area contributed by atoms with E-state index in [0.29, 0.717) is 5.70 Å². The van der Waals surface area contributed by atoms with Crippen molar-refractivity contribution in [3.8, 4) is 0 Å². The fourth-order valence-corrected chi connectivity index (χ4v) is 0.948. The molecule has 68 valence electrons. The Morgan fingerprint density at radius 1 is 1.46 bits per heavy atom. The highest BCUT2D eigenvalue weighted by Gasteiger charge is 1.96. The van der Waals surface area contributed by atoms with Crippen LogP contribution < -0.4 is 11.5 Å². The lowest BCUT2D eigenvalue weighted by Gasteiger charge is -1.94. The van der Waals surface area contributed by atoms with Gasteiger partial charge in [-0.2, -0.15) is 0 Å². The number of allylic oxidation sites excluding steroid dienone is 2. The molecule has 0 saturated carbocycles. The molecule has 5 N–H and O–H groups in total. The van der Waals surface area contributed by atoms with E-state index in [-0.39, 0.29) is 0 Å². The summed E-state index contributed by atoms with van der Waals surface area (Å²) in [6, 6.07) is 3.81. The Kier molecular flexibility index (Phi) is 2.97. The van der Waals surface area contributed by atoms with Crippen molar-refractivity contribution < 1.29 is 0 Å². The molecule has 0 unspecified atom stereocenters. The van der Waals surface area contributed by atoms with Gasteiger partial charge in [-0.05, 0) is 36.6 Å². The molecule has 13 heavy (non-hydrogen) atoms. The third kappa shape index (κ3) is 2.27. The zero-order valence-electron chi connectivity index (χ0n) is 7.33. The molecule has 0 aromatic carbocycles. The zero-order valence-corrected chi connectivity index (χ0v) is 7.33. The molecule has 0 atom stereocenters. The average molecular weight is 175 g/mol. The maximum absolute atomic E-state index is 5.74. The summed E-state index contributed by atoms with van der Waals surface area (Å²) in [6.45, 7) is 3.64. The van der Waals surface area contributed by atoms with Gasteiger partial charge in [0.05, 0.1) is 11.4 Å². The molecule has 0 saturated heterocycles. The van der Waals surface area contributed by atoms with Crippen LogP contribution in [-0.2, 0) is 0 Å². The summed E-state index contributed by atoms with van der Waals surface area (Å²) >= 11 is 0. The van der Waals surface area contributed by atoms with Crippen LogP contribution in [0.1, 0.15) is 11.4 Å². The van der Waals surface area contributed by atoms with Crippen molar-refractivity contribution in [2.75, 3.05) is 0 Å². The van der Waals surface area contributed by atoms with Crippen molar-refractivity contribution in [1.82, 2.24) is 4.98 Å². The standard InChI is InChI=1S/C10H13N3/c1-2-8-5-6-10(13-8)9(12)4-3-7-11/h2-7,13H,1,11-12H2/b7-3-,9-4-. The quantitative estimate of drug-likeness (QED) is 0.608. The van der Waals surface area contributed by atoms with Crippen LogP contribution in [0.4, 0.5) is 0 Å². The highest BCUT2D eigenvalue weighted by Crippen LogP contribution is 2.09. The number of rotatable bonds is 3. The fraction of sp³-hybridized carbons (Fsp3) is 0. The van der Waals surface area contributed by atoms with Crippen molar-refractivity contribution in [2.45, 2.75) is 0 Å². The summed E-state index contributed by atoms with van der Waals surface area (Å²) in [7, 11) is 0. The molecule has 0 amide bonds. The van der Waals surface area contributed by atoms with Crippen molar-refractivity contribution >= 4 is 11.8 Å². The third-order valence-corrected chi connectivity index (χ3v) is 1.63. The van der Waals surface area contributed by atoms with Gasteiger partial charge in [-0.3, -0.25) is 0 Å². The first-order valence-electron chi connectivity index (χ1n) is 3.93. The Hall–Kier alpha value is -1.90. The van der Waals surface area contributed by atoms with Gasteiger partial charge in [0.15, 0.2) is 0 Å². The second-order valence-electron chi connectivity index (χ2n) is 2.54. The van der Waals surface area contributed by atoms with Gasteiger partial charge in [0.25, 0.3) is 0 Å². The fourth-order valence-electron chi connectivity index (χ4n) is 0.948. The molecule has 1 rings (SSSR count). The molecule has 0 radical (unpaired) electrons. The van der Waals surface area contributed by atoms with Crippen LogP contribution in [0.3, 0.4) is 0 Å². The molecule has 0 aliphatic rings. The van der Waals surface area contributed by atoms with Crippen molar-refractivity contribution in [1.29, 1.82) is 0 Å². The lowest BCUT2D eigenvalue weighted by molar-refractivity contribution is 1.30. The molecule has 0 aliphatic heterocycles. The van der Waals surface area contributed by atoms with Gasteiger partial charge >= 0.3 is 0 Å². The van der Waals surface area contributed by atoms with Crippen LogP contribution in [-0.4, -0.2) is 4.98 Å². The van der Waals surface area contributed by atoms with E-state index < -0.39 is 0 Å². The van der Waals surface area contributed by atoms with Gasteiger partial charge in [0.2, 0.25) is 0 Å². The number of nitrogens with one attached hydrogen (secondary N) is 1. The molecular weight excluding hydrogens is 162 g/mol. The van der Waals surface area contributed by atoms with Crippen LogP contribution >= 0.6 is 0 Å². The number of hydrogen-bond acceptors (Lipinski definition) is 2. The maximum Gasteiger partial charge on any atom is 0.0618 e. The van der Waals surface area contributed by atoms with Crippen LogP contribution in [0.25, 0.3) is 11.8 Å². The number of H-pyrrole nitrogens is 1. The topological polar surface area (TPSA) is 67.8 Å². The second kappa shape index (κ2) is 4.21.